The molecule has 0 bridgehead atoms. The fraction of sp³-hybridized carbons (Fsp3) is 0.474. The molecule has 1 fully saturated rings. The van der Waals surface area contributed by atoms with E-state index >= 15 is 0 Å². The maximum atomic E-state index is 12.6. The molecule has 0 aliphatic carbocycles. The lowest BCUT2D eigenvalue weighted by Crippen LogP contribution is -2.47. The Morgan fingerprint density at radius 2 is 2.25 bits per heavy atom. The Morgan fingerprint density at radius 3 is 2.92 bits per heavy atom. The van der Waals surface area contributed by atoms with Crippen molar-refractivity contribution in [1.29, 1.82) is 0 Å². The molecule has 0 aromatic carbocycles. The van der Waals surface area contributed by atoms with E-state index in [9.17, 15) is 4.79 Å². The number of likely N-dealkylation sites (tertiary alicyclic amines) is 1. The molecular formula is C19H26N4O. The number of aromatic nitrogens is 2. The standard InChI is InChI=1S/C19H26N4O/c1-14-10-18(15(2)22(14)3)19(24)21-17-7-5-9-23(13-17)12-16-6-4-8-20-11-16/h4,6,8,10-11,17H,5,7,9,12-13H2,1-3H3,(H,21,24)/t17-/m0/s1. The van der Waals surface area contributed by atoms with Crippen LogP contribution in [-0.4, -0.2) is 39.5 Å². The van der Waals surface area contributed by atoms with Crippen molar-refractivity contribution >= 4 is 5.91 Å². The maximum absolute atomic E-state index is 12.6. The van der Waals surface area contributed by atoms with Crippen LogP contribution in [0.15, 0.2) is 30.6 Å². The van der Waals surface area contributed by atoms with Crippen LogP contribution in [-0.2, 0) is 13.6 Å². The van der Waals surface area contributed by atoms with Crippen LogP contribution in [0.1, 0.15) is 40.2 Å². The summed E-state index contributed by atoms with van der Waals surface area (Å²) < 4.78 is 2.06. The molecule has 5 heteroatoms. The third-order valence-corrected chi connectivity index (χ3v) is 4.99. The number of piperidine rings is 1. The smallest absolute Gasteiger partial charge is 0.253 e. The van der Waals surface area contributed by atoms with E-state index in [0.717, 1.165) is 49.4 Å². The molecule has 3 rings (SSSR count). The summed E-state index contributed by atoms with van der Waals surface area (Å²) >= 11 is 0. The Morgan fingerprint density at radius 1 is 1.42 bits per heavy atom. The summed E-state index contributed by atoms with van der Waals surface area (Å²) in [5.74, 6) is 0.0458. The Hall–Kier alpha value is -2.14. The highest BCUT2D eigenvalue weighted by Crippen LogP contribution is 2.16. The van der Waals surface area contributed by atoms with Gasteiger partial charge >= 0.3 is 0 Å². The van der Waals surface area contributed by atoms with Crippen molar-refractivity contribution in [3.63, 3.8) is 0 Å². The Bertz CT molecular complexity index is 708. The number of aryl methyl sites for hydroxylation is 1. The molecule has 0 spiro atoms. The normalized spacial score (nSPS) is 18.5. The lowest BCUT2D eigenvalue weighted by atomic mass is 10.0. The summed E-state index contributed by atoms with van der Waals surface area (Å²) in [4.78, 5) is 19.2. The maximum Gasteiger partial charge on any atom is 0.253 e. The van der Waals surface area contributed by atoms with Crippen molar-refractivity contribution in [2.75, 3.05) is 13.1 Å². The number of hydrogen-bond donors (Lipinski definition) is 1. The fourth-order valence-corrected chi connectivity index (χ4v) is 3.42. The van der Waals surface area contributed by atoms with Crippen molar-refractivity contribution in [3.8, 4) is 0 Å². The average Bonchev–Trinajstić information content (AvgIpc) is 2.84. The van der Waals surface area contributed by atoms with Crippen LogP contribution in [0, 0.1) is 13.8 Å². The number of nitrogens with zero attached hydrogens (tertiary/aromatic N) is 3. The van der Waals surface area contributed by atoms with Gasteiger partial charge in [0.1, 0.15) is 0 Å². The van der Waals surface area contributed by atoms with Crippen LogP contribution in [0.3, 0.4) is 0 Å². The van der Waals surface area contributed by atoms with Gasteiger partial charge in [-0.3, -0.25) is 14.7 Å². The second-order valence-electron chi connectivity index (χ2n) is 6.75. The molecule has 2 aromatic heterocycles. The van der Waals surface area contributed by atoms with Gasteiger partial charge in [-0.25, -0.2) is 0 Å². The van der Waals surface area contributed by atoms with Crippen LogP contribution >= 0.6 is 0 Å². The molecule has 24 heavy (non-hydrogen) atoms. The second kappa shape index (κ2) is 7.18. The lowest BCUT2D eigenvalue weighted by Gasteiger charge is -2.33. The number of hydrogen-bond acceptors (Lipinski definition) is 3. The molecule has 0 saturated carbocycles. The van der Waals surface area contributed by atoms with Gasteiger partial charge in [-0.05, 0) is 50.9 Å². The monoisotopic (exact) mass is 326 g/mol. The van der Waals surface area contributed by atoms with E-state index in [1.807, 2.05) is 39.2 Å². The van der Waals surface area contributed by atoms with Gasteiger partial charge in [0.15, 0.2) is 0 Å². The Labute approximate surface area is 143 Å². The van der Waals surface area contributed by atoms with E-state index < -0.39 is 0 Å². The van der Waals surface area contributed by atoms with Crippen LogP contribution in [0.4, 0.5) is 0 Å². The van der Waals surface area contributed by atoms with Crippen LogP contribution in [0.2, 0.25) is 0 Å². The van der Waals surface area contributed by atoms with Gasteiger partial charge in [0, 0.05) is 50.0 Å². The summed E-state index contributed by atoms with van der Waals surface area (Å²) in [7, 11) is 2.00. The fourth-order valence-electron chi connectivity index (χ4n) is 3.42. The second-order valence-corrected chi connectivity index (χ2v) is 6.75. The minimum absolute atomic E-state index is 0.0458. The summed E-state index contributed by atoms with van der Waals surface area (Å²) in [6.45, 7) is 6.89. The highest BCUT2D eigenvalue weighted by atomic mass is 16.1. The molecular weight excluding hydrogens is 300 g/mol. The molecule has 1 saturated heterocycles. The van der Waals surface area contributed by atoms with Gasteiger partial charge in [0.2, 0.25) is 0 Å². The zero-order valence-electron chi connectivity index (χ0n) is 14.7. The molecule has 1 aliphatic heterocycles. The molecule has 1 atom stereocenters. The minimum atomic E-state index is 0.0458. The van der Waals surface area contributed by atoms with Crippen molar-refractivity contribution in [2.45, 2.75) is 39.3 Å². The number of amides is 1. The predicted molar refractivity (Wildman–Crippen MR) is 94.9 cm³/mol. The SMILES string of the molecule is Cc1cc(C(=O)N[C@H]2CCCN(Cc3cccnc3)C2)c(C)n1C. The highest BCUT2D eigenvalue weighted by Gasteiger charge is 2.23. The summed E-state index contributed by atoms with van der Waals surface area (Å²) in [5, 5.41) is 3.22. The third kappa shape index (κ3) is 3.67. The van der Waals surface area contributed by atoms with E-state index in [4.69, 9.17) is 0 Å². The van der Waals surface area contributed by atoms with Gasteiger partial charge in [-0.2, -0.15) is 0 Å². The first-order valence-corrected chi connectivity index (χ1v) is 8.59. The molecule has 1 N–H and O–H groups in total. The van der Waals surface area contributed by atoms with E-state index in [0.29, 0.717) is 0 Å². The largest absolute Gasteiger partial charge is 0.351 e. The van der Waals surface area contributed by atoms with Crippen molar-refractivity contribution in [3.05, 3.63) is 53.1 Å². The summed E-state index contributed by atoms with van der Waals surface area (Å²) in [5.41, 5.74) is 4.14. The summed E-state index contributed by atoms with van der Waals surface area (Å²) in [6.07, 6.45) is 5.86. The van der Waals surface area contributed by atoms with Crippen molar-refractivity contribution in [1.82, 2.24) is 19.8 Å². The molecule has 1 aliphatic rings. The number of carbonyl (C=O) groups excluding carboxylic acids is 1. The topological polar surface area (TPSA) is 50.2 Å². The van der Waals surface area contributed by atoms with E-state index in [2.05, 4.69) is 25.8 Å². The molecule has 0 radical (unpaired) electrons. The Balaban J connectivity index is 1.60. The van der Waals surface area contributed by atoms with Gasteiger partial charge in [0.05, 0.1) is 5.56 Å². The Kier molecular flexibility index (Phi) is 5.00. The zero-order valence-corrected chi connectivity index (χ0v) is 14.7. The van der Waals surface area contributed by atoms with Crippen molar-refractivity contribution < 1.29 is 4.79 Å². The first-order valence-electron chi connectivity index (χ1n) is 8.59. The lowest BCUT2D eigenvalue weighted by molar-refractivity contribution is 0.0900. The van der Waals surface area contributed by atoms with Gasteiger partial charge in [-0.15, -0.1) is 0 Å². The van der Waals surface area contributed by atoms with Crippen LogP contribution < -0.4 is 5.32 Å². The number of rotatable bonds is 4. The quantitative estimate of drug-likeness (QED) is 0.939. The van der Waals surface area contributed by atoms with Gasteiger partial charge in [0.25, 0.3) is 5.91 Å². The molecule has 128 valence electrons. The van der Waals surface area contributed by atoms with Crippen LogP contribution in [0.5, 0.6) is 0 Å². The number of carbonyl (C=O) groups is 1. The minimum Gasteiger partial charge on any atom is -0.351 e. The molecule has 2 aromatic rings. The highest BCUT2D eigenvalue weighted by molar-refractivity contribution is 5.95. The molecule has 5 nitrogen and oxygen atoms in total. The zero-order chi connectivity index (χ0) is 17.1. The summed E-state index contributed by atoms with van der Waals surface area (Å²) in [6, 6.07) is 6.26. The first kappa shape index (κ1) is 16.7. The third-order valence-electron chi connectivity index (χ3n) is 4.99. The van der Waals surface area contributed by atoms with Gasteiger partial charge in [-0.1, -0.05) is 6.07 Å². The van der Waals surface area contributed by atoms with E-state index in [1.54, 1.807) is 6.20 Å². The van der Waals surface area contributed by atoms with Gasteiger partial charge < -0.3 is 9.88 Å². The molecule has 3 heterocycles. The van der Waals surface area contributed by atoms with E-state index in [-0.39, 0.29) is 11.9 Å². The number of nitrogens with one attached hydrogen (secondary N) is 1. The van der Waals surface area contributed by atoms with Crippen molar-refractivity contribution in [2.24, 2.45) is 7.05 Å². The predicted octanol–water partition coefficient (Wildman–Crippen LogP) is 2.43. The number of pyridine rings is 1. The van der Waals surface area contributed by atoms with E-state index in [1.165, 1.54) is 5.56 Å². The first-order chi connectivity index (χ1) is 11.5. The average molecular weight is 326 g/mol. The van der Waals surface area contributed by atoms with Crippen LogP contribution in [0.25, 0.3) is 0 Å². The molecule has 0 unspecified atom stereocenters. The molecule has 1 amide bonds.